The van der Waals surface area contributed by atoms with Crippen LogP contribution in [0.4, 0.5) is 15.9 Å². The van der Waals surface area contributed by atoms with Gasteiger partial charge in [-0.25, -0.2) is 14.4 Å². The molecule has 0 radical (unpaired) electrons. The van der Waals surface area contributed by atoms with Gasteiger partial charge >= 0.3 is 0 Å². The molecule has 0 bridgehead atoms. The Morgan fingerprint density at radius 3 is 2.93 bits per heavy atom. The number of nitrogen functional groups attached to an aromatic ring is 1. The Hall–Kier alpha value is -2.87. The van der Waals surface area contributed by atoms with Crippen molar-refractivity contribution in [1.29, 1.82) is 0 Å². The number of carbonyl (C=O) groups excluding carboxylic acids is 1. The first-order chi connectivity index (χ1) is 13.0. The van der Waals surface area contributed by atoms with Gasteiger partial charge in [0.25, 0.3) is 5.91 Å². The van der Waals surface area contributed by atoms with E-state index in [1.54, 1.807) is 12.4 Å². The monoisotopic (exact) mass is 388 g/mol. The van der Waals surface area contributed by atoms with Crippen molar-refractivity contribution in [3.8, 4) is 0 Å². The van der Waals surface area contributed by atoms with Gasteiger partial charge in [0.05, 0.1) is 27.9 Å². The number of anilines is 2. The molecule has 0 atom stereocenters. The third-order valence-corrected chi connectivity index (χ3v) is 5.09. The van der Waals surface area contributed by atoms with Gasteiger partial charge in [0, 0.05) is 31.5 Å². The van der Waals surface area contributed by atoms with Crippen molar-refractivity contribution in [1.82, 2.24) is 20.3 Å². The molecule has 3 aromatic rings. The highest BCUT2D eigenvalue weighted by Gasteiger charge is 2.24. The molecule has 0 saturated carbocycles. The summed E-state index contributed by atoms with van der Waals surface area (Å²) in [7, 11) is 0. The number of fused-ring (bicyclic) bond motifs is 1. The van der Waals surface area contributed by atoms with Crippen molar-refractivity contribution in [2.75, 3.05) is 23.7 Å². The Morgan fingerprint density at radius 1 is 1.37 bits per heavy atom. The summed E-state index contributed by atoms with van der Waals surface area (Å²) in [5.41, 5.74) is 7.23. The second kappa shape index (κ2) is 7.03. The molecule has 1 saturated heterocycles. The molecule has 0 unspecified atom stereocenters. The number of amides is 1. The number of nitrogens with one attached hydrogen (secondary N) is 2. The lowest BCUT2D eigenvalue weighted by molar-refractivity contribution is 0.0927. The van der Waals surface area contributed by atoms with Gasteiger partial charge in [-0.15, -0.1) is 0 Å². The first kappa shape index (κ1) is 17.5. The Kier molecular flexibility index (Phi) is 4.57. The van der Waals surface area contributed by atoms with Crippen LogP contribution in [-0.2, 0) is 0 Å². The molecule has 27 heavy (non-hydrogen) atoms. The van der Waals surface area contributed by atoms with Crippen molar-refractivity contribution >= 4 is 40.0 Å². The largest absolute Gasteiger partial charge is 0.384 e. The van der Waals surface area contributed by atoms with E-state index in [1.807, 2.05) is 6.07 Å². The van der Waals surface area contributed by atoms with E-state index >= 15 is 0 Å². The number of aromatic amines is 1. The quantitative estimate of drug-likeness (QED) is 0.640. The van der Waals surface area contributed by atoms with Crippen LogP contribution in [0, 0.1) is 5.82 Å². The second-order valence-corrected chi connectivity index (χ2v) is 6.92. The molecule has 4 heterocycles. The summed E-state index contributed by atoms with van der Waals surface area (Å²) in [5, 5.41) is 4.42. The summed E-state index contributed by atoms with van der Waals surface area (Å²) in [5.74, 6) is -1.04. The van der Waals surface area contributed by atoms with E-state index in [9.17, 15) is 9.18 Å². The topological polar surface area (TPSA) is 99.9 Å². The SMILES string of the molecule is Nc1cc(C(=O)NC2CCN(c3ccnc4[nH]cc(Cl)c34)CC2)c(F)cn1. The van der Waals surface area contributed by atoms with Gasteiger partial charge in [-0.3, -0.25) is 4.79 Å². The highest BCUT2D eigenvalue weighted by molar-refractivity contribution is 6.36. The Morgan fingerprint density at radius 2 is 2.15 bits per heavy atom. The van der Waals surface area contributed by atoms with Gasteiger partial charge in [-0.1, -0.05) is 11.6 Å². The zero-order valence-corrected chi connectivity index (χ0v) is 15.1. The molecule has 1 aliphatic heterocycles. The van der Waals surface area contributed by atoms with Crippen LogP contribution in [0.3, 0.4) is 0 Å². The lowest BCUT2D eigenvalue weighted by Crippen LogP contribution is -2.45. The van der Waals surface area contributed by atoms with Gasteiger partial charge in [0.1, 0.15) is 11.5 Å². The van der Waals surface area contributed by atoms with Gasteiger partial charge in [0.15, 0.2) is 5.82 Å². The van der Waals surface area contributed by atoms with Crippen molar-refractivity contribution in [3.63, 3.8) is 0 Å². The Bertz CT molecular complexity index is 999. The smallest absolute Gasteiger partial charge is 0.254 e. The minimum Gasteiger partial charge on any atom is -0.384 e. The zero-order valence-electron chi connectivity index (χ0n) is 14.4. The number of H-pyrrole nitrogens is 1. The first-order valence-electron chi connectivity index (χ1n) is 8.61. The molecule has 3 aromatic heterocycles. The van der Waals surface area contributed by atoms with Crippen molar-refractivity contribution in [2.45, 2.75) is 18.9 Å². The lowest BCUT2D eigenvalue weighted by Gasteiger charge is -2.34. The number of hydrogen-bond acceptors (Lipinski definition) is 5. The maximum Gasteiger partial charge on any atom is 0.254 e. The summed E-state index contributed by atoms with van der Waals surface area (Å²) >= 11 is 6.28. The van der Waals surface area contributed by atoms with Gasteiger partial charge in [-0.05, 0) is 25.0 Å². The third-order valence-electron chi connectivity index (χ3n) is 4.80. The number of halogens is 2. The normalized spacial score (nSPS) is 15.3. The molecule has 0 aromatic carbocycles. The lowest BCUT2D eigenvalue weighted by atomic mass is 10.0. The van der Waals surface area contributed by atoms with E-state index in [-0.39, 0.29) is 17.4 Å². The molecule has 140 valence electrons. The number of aromatic nitrogens is 3. The van der Waals surface area contributed by atoms with Crippen molar-refractivity contribution in [3.05, 3.63) is 47.1 Å². The predicted molar refractivity (Wildman–Crippen MR) is 102 cm³/mol. The van der Waals surface area contributed by atoms with Gasteiger partial charge in [0.2, 0.25) is 0 Å². The average molecular weight is 389 g/mol. The van der Waals surface area contributed by atoms with Gasteiger partial charge < -0.3 is 20.9 Å². The molecule has 1 fully saturated rings. The average Bonchev–Trinajstić information content (AvgIpc) is 3.05. The molecular formula is C18H18ClFN6O. The minimum absolute atomic E-state index is 0.0402. The van der Waals surface area contributed by atoms with Crippen molar-refractivity contribution in [2.24, 2.45) is 0 Å². The number of pyridine rings is 2. The Balaban J connectivity index is 1.44. The maximum absolute atomic E-state index is 13.8. The number of piperidine rings is 1. The molecule has 0 aliphatic carbocycles. The number of rotatable bonds is 3. The number of carbonyl (C=O) groups is 1. The molecule has 1 amide bonds. The predicted octanol–water partition coefficient (Wildman–Crippen LogP) is 2.73. The second-order valence-electron chi connectivity index (χ2n) is 6.51. The summed E-state index contributed by atoms with van der Waals surface area (Å²) < 4.78 is 13.8. The standard InChI is InChI=1S/C18H18ClFN6O/c19-12-8-24-17-16(12)14(1-4-22-17)26-5-2-10(3-6-26)25-18(27)11-7-15(21)23-9-13(11)20/h1,4,7-10H,2-3,5-6H2,(H2,21,23)(H,22,24)(H,25,27). The highest BCUT2D eigenvalue weighted by Crippen LogP contribution is 2.32. The van der Waals surface area contributed by atoms with Crippen LogP contribution in [0.1, 0.15) is 23.2 Å². The van der Waals surface area contributed by atoms with Crippen LogP contribution in [0.15, 0.2) is 30.7 Å². The Labute approximate surface area is 159 Å². The molecule has 0 spiro atoms. The first-order valence-corrected chi connectivity index (χ1v) is 8.99. The molecule has 4 N–H and O–H groups in total. The van der Waals surface area contributed by atoms with Crippen LogP contribution < -0.4 is 16.0 Å². The summed E-state index contributed by atoms with van der Waals surface area (Å²) in [6, 6.07) is 3.15. The number of hydrogen-bond donors (Lipinski definition) is 3. The summed E-state index contributed by atoms with van der Waals surface area (Å²) in [6.07, 6.45) is 5.90. The summed E-state index contributed by atoms with van der Waals surface area (Å²) in [4.78, 5) is 25.5. The minimum atomic E-state index is -0.680. The maximum atomic E-state index is 13.8. The summed E-state index contributed by atoms with van der Waals surface area (Å²) in [6.45, 7) is 1.49. The van der Waals surface area contributed by atoms with Crippen LogP contribution >= 0.6 is 11.6 Å². The molecule has 7 nitrogen and oxygen atoms in total. The van der Waals surface area contributed by atoms with Crippen LogP contribution in [0.25, 0.3) is 11.0 Å². The number of nitrogens with two attached hydrogens (primary N) is 1. The van der Waals surface area contributed by atoms with E-state index < -0.39 is 11.7 Å². The molecule has 1 aliphatic rings. The van der Waals surface area contributed by atoms with Crippen LogP contribution in [0.5, 0.6) is 0 Å². The van der Waals surface area contributed by atoms with E-state index in [0.717, 1.165) is 48.8 Å². The van der Waals surface area contributed by atoms with E-state index in [0.29, 0.717) is 5.02 Å². The molecule has 4 rings (SSSR count). The third kappa shape index (κ3) is 3.40. The van der Waals surface area contributed by atoms with E-state index in [1.165, 1.54) is 6.07 Å². The van der Waals surface area contributed by atoms with Crippen molar-refractivity contribution < 1.29 is 9.18 Å². The molecular weight excluding hydrogens is 371 g/mol. The van der Waals surface area contributed by atoms with Crippen LogP contribution in [-0.4, -0.2) is 40.0 Å². The fourth-order valence-electron chi connectivity index (χ4n) is 3.42. The number of nitrogens with zero attached hydrogens (tertiary/aromatic N) is 3. The molecule has 9 heteroatoms. The fraction of sp³-hybridized carbons (Fsp3) is 0.278. The van der Waals surface area contributed by atoms with Gasteiger partial charge in [-0.2, -0.15) is 0 Å². The highest BCUT2D eigenvalue weighted by atomic mass is 35.5. The van der Waals surface area contributed by atoms with E-state index in [2.05, 4.69) is 25.2 Å². The fourth-order valence-corrected chi connectivity index (χ4v) is 3.66. The van der Waals surface area contributed by atoms with Crippen LogP contribution in [0.2, 0.25) is 5.02 Å². The zero-order chi connectivity index (χ0) is 19.0. The van der Waals surface area contributed by atoms with E-state index in [4.69, 9.17) is 17.3 Å².